The molecule has 6 aliphatic heterocycles. The van der Waals surface area contributed by atoms with Gasteiger partial charge in [-0.2, -0.15) is 0 Å². The highest BCUT2D eigenvalue weighted by Crippen LogP contribution is 2.46. The predicted molar refractivity (Wildman–Crippen MR) is 160 cm³/mol. The van der Waals surface area contributed by atoms with Crippen LogP contribution in [0.3, 0.4) is 0 Å². The molecular formula is C30H54N7O3S+. The number of Topliss-reactive ketones (excluding diaryl/α,β-unsaturated/α-hetero) is 1. The Kier molecular flexibility index (Phi) is 9.56. The molecule has 5 N–H and O–H groups in total. The summed E-state index contributed by atoms with van der Waals surface area (Å²) in [5.74, 6) is 3.40. The number of thioether (sulfide) groups is 1. The van der Waals surface area contributed by atoms with Gasteiger partial charge in [0.2, 0.25) is 0 Å². The molecule has 41 heavy (non-hydrogen) atoms. The van der Waals surface area contributed by atoms with Crippen molar-refractivity contribution >= 4 is 17.5 Å². The fraction of sp³-hybridized carbons (Fsp3) is 0.967. The Morgan fingerprint density at radius 1 is 1.10 bits per heavy atom. The van der Waals surface area contributed by atoms with Crippen molar-refractivity contribution in [2.24, 2.45) is 17.8 Å². The number of carbonyl (C=O) groups excluding carboxylic acids is 1. The van der Waals surface area contributed by atoms with Gasteiger partial charge in [-0.3, -0.25) is 31.1 Å². The minimum absolute atomic E-state index is 0.0481. The Labute approximate surface area is 250 Å². The van der Waals surface area contributed by atoms with Crippen molar-refractivity contribution in [2.45, 2.75) is 100 Å². The third-order valence-electron chi connectivity index (χ3n) is 11.3. The SMILES string of the molecule is CC1NN(C2CCNC(NC3CCC(C4CSC5C(=O)CC(N6CCOCC6)OC54)CC3)N2)CC1C[NH+]1CCCC1. The fourth-order valence-electron chi connectivity index (χ4n) is 8.82. The zero-order valence-electron chi connectivity index (χ0n) is 25.0. The van der Waals surface area contributed by atoms with E-state index >= 15 is 0 Å². The van der Waals surface area contributed by atoms with Crippen LogP contribution in [0.5, 0.6) is 0 Å². The van der Waals surface area contributed by atoms with Gasteiger partial charge >= 0.3 is 0 Å². The van der Waals surface area contributed by atoms with Gasteiger partial charge in [0.1, 0.15) is 12.5 Å². The number of hydrogen-bond acceptors (Lipinski definition) is 10. The number of fused-ring (bicyclic) bond motifs is 1. The van der Waals surface area contributed by atoms with Crippen molar-refractivity contribution in [1.29, 1.82) is 0 Å². The second-order valence-electron chi connectivity index (χ2n) is 13.9. The van der Waals surface area contributed by atoms with E-state index in [4.69, 9.17) is 9.47 Å². The predicted octanol–water partition coefficient (Wildman–Crippen LogP) is -0.421. The van der Waals surface area contributed by atoms with Crippen molar-refractivity contribution in [3.63, 3.8) is 0 Å². The second kappa shape index (κ2) is 13.3. The molecule has 1 aliphatic carbocycles. The summed E-state index contributed by atoms with van der Waals surface area (Å²) in [6.45, 7) is 11.9. The number of carbonyl (C=O) groups is 1. The highest BCUT2D eigenvalue weighted by atomic mass is 32.2. The highest BCUT2D eigenvalue weighted by molar-refractivity contribution is 8.01. The second-order valence-corrected chi connectivity index (χ2v) is 15.1. The third kappa shape index (κ3) is 6.70. The van der Waals surface area contributed by atoms with Crippen LogP contribution in [0.4, 0.5) is 0 Å². The fourth-order valence-corrected chi connectivity index (χ4v) is 10.4. The van der Waals surface area contributed by atoms with Crippen LogP contribution in [0.25, 0.3) is 0 Å². The lowest BCUT2D eigenvalue weighted by Gasteiger charge is -2.43. The van der Waals surface area contributed by atoms with Crippen LogP contribution >= 0.6 is 11.8 Å². The van der Waals surface area contributed by atoms with E-state index in [1.54, 1.807) is 0 Å². The number of ether oxygens (including phenoxy) is 2. The van der Waals surface area contributed by atoms with Gasteiger partial charge in [-0.15, -0.1) is 11.8 Å². The molecule has 0 amide bonds. The van der Waals surface area contributed by atoms with Gasteiger partial charge in [-0.1, -0.05) is 0 Å². The van der Waals surface area contributed by atoms with Crippen molar-refractivity contribution in [2.75, 3.05) is 64.8 Å². The number of hydrazine groups is 1. The van der Waals surface area contributed by atoms with Crippen LogP contribution in [0.15, 0.2) is 0 Å². The number of ketones is 1. The van der Waals surface area contributed by atoms with Gasteiger partial charge in [0, 0.05) is 63.4 Å². The summed E-state index contributed by atoms with van der Waals surface area (Å²) in [5, 5.41) is 14.1. The molecule has 0 spiro atoms. The highest BCUT2D eigenvalue weighted by Gasteiger charge is 2.50. The van der Waals surface area contributed by atoms with Gasteiger partial charge in [-0.05, 0) is 56.6 Å². The summed E-state index contributed by atoms with van der Waals surface area (Å²) < 4.78 is 12.3. The standard InChI is InChI=1S/C30H53N7O3S/c1-20-22(17-35-10-2-3-11-35)18-37(34-20)26-8-9-31-30(33-26)32-23-6-4-21(5-7-23)24-19-41-29-25(38)16-27(40-28(24)29)36-12-14-39-15-13-36/h20-24,26-34H,2-19H2,1H3/p+1. The Morgan fingerprint density at radius 2 is 1.90 bits per heavy atom. The summed E-state index contributed by atoms with van der Waals surface area (Å²) >= 11 is 1.87. The smallest absolute Gasteiger partial charge is 0.152 e. The minimum Gasteiger partial charge on any atom is -0.379 e. The molecule has 7 aliphatic rings. The lowest BCUT2D eigenvalue weighted by molar-refractivity contribution is -0.890. The molecule has 232 valence electrons. The van der Waals surface area contributed by atoms with Crippen LogP contribution < -0.4 is 26.3 Å². The van der Waals surface area contributed by atoms with E-state index in [9.17, 15) is 4.79 Å². The van der Waals surface area contributed by atoms with Crippen molar-refractivity contribution in [3.8, 4) is 0 Å². The van der Waals surface area contributed by atoms with E-state index in [0.29, 0.717) is 42.3 Å². The average Bonchev–Trinajstić information content (AvgIpc) is 3.75. The first-order valence-electron chi connectivity index (χ1n) is 16.8. The van der Waals surface area contributed by atoms with E-state index in [0.717, 1.165) is 57.5 Å². The molecule has 6 heterocycles. The molecule has 8 atom stereocenters. The van der Waals surface area contributed by atoms with Gasteiger partial charge in [0.15, 0.2) is 5.78 Å². The zero-order valence-corrected chi connectivity index (χ0v) is 25.8. The molecule has 0 aromatic heterocycles. The lowest BCUT2D eigenvalue weighted by atomic mass is 9.75. The summed E-state index contributed by atoms with van der Waals surface area (Å²) in [5.41, 5.74) is 3.81. The molecule has 0 aromatic rings. The summed E-state index contributed by atoms with van der Waals surface area (Å²) in [6, 6.07) is 1.09. The molecular weight excluding hydrogens is 538 g/mol. The third-order valence-corrected chi connectivity index (χ3v) is 12.8. The molecule has 0 aromatic carbocycles. The molecule has 6 saturated heterocycles. The maximum atomic E-state index is 13.1. The number of nitrogens with zero attached hydrogens (tertiary/aromatic N) is 2. The molecule has 11 heteroatoms. The Hall–Kier alpha value is -0.340. The van der Waals surface area contributed by atoms with Crippen LogP contribution in [0.1, 0.15) is 58.3 Å². The largest absolute Gasteiger partial charge is 0.379 e. The van der Waals surface area contributed by atoms with Gasteiger partial charge in [0.05, 0.1) is 50.4 Å². The quantitative estimate of drug-likeness (QED) is 0.269. The van der Waals surface area contributed by atoms with E-state index in [2.05, 4.69) is 38.2 Å². The van der Waals surface area contributed by atoms with Crippen molar-refractivity contribution in [3.05, 3.63) is 0 Å². The minimum atomic E-state index is -0.0481. The van der Waals surface area contributed by atoms with Crippen LogP contribution in [0, 0.1) is 17.8 Å². The van der Waals surface area contributed by atoms with E-state index < -0.39 is 0 Å². The Balaban J connectivity index is 0.874. The molecule has 7 rings (SSSR count). The van der Waals surface area contributed by atoms with E-state index in [-0.39, 0.29) is 23.9 Å². The number of morpholine rings is 1. The number of rotatable bonds is 7. The molecule has 8 unspecified atom stereocenters. The topological polar surface area (TPSA) is 94.6 Å². The summed E-state index contributed by atoms with van der Waals surface area (Å²) in [4.78, 5) is 17.2. The summed E-state index contributed by atoms with van der Waals surface area (Å²) in [6.07, 6.45) is 9.93. The summed E-state index contributed by atoms with van der Waals surface area (Å²) in [7, 11) is 0. The van der Waals surface area contributed by atoms with Crippen LogP contribution in [-0.2, 0) is 14.3 Å². The van der Waals surface area contributed by atoms with E-state index in [1.165, 1.54) is 58.2 Å². The number of quaternary nitrogens is 1. The molecule has 0 bridgehead atoms. The van der Waals surface area contributed by atoms with Gasteiger partial charge in [0.25, 0.3) is 0 Å². The first-order chi connectivity index (χ1) is 20.1. The number of likely N-dealkylation sites (tertiary alicyclic amines) is 1. The first-order valence-corrected chi connectivity index (χ1v) is 17.9. The Morgan fingerprint density at radius 3 is 2.71 bits per heavy atom. The van der Waals surface area contributed by atoms with E-state index in [1.807, 2.05) is 16.7 Å². The Bertz CT molecular complexity index is 882. The molecule has 7 fully saturated rings. The maximum Gasteiger partial charge on any atom is 0.152 e. The van der Waals surface area contributed by atoms with Crippen LogP contribution in [-0.4, -0.2) is 123 Å². The lowest BCUT2D eigenvalue weighted by Crippen LogP contribution is -3.10. The van der Waals surface area contributed by atoms with Crippen molar-refractivity contribution < 1.29 is 19.2 Å². The van der Waals surface area contributed by atoms with Gasteiger partial charge in [-0.25, -0.2) is 5.01 Å². The normalized spacial score (nSPS) is 45.3. The average molecular weight is 593 g/mol. The molecule has 10 nitrogen and oxygen atoms in total. The molecule has 1 saturated carbocycles. The maximum absolute atomic E-state index is 13.1. The van der Waals surface area contributed by atoms with Crippen LogP contribution in [0.2, 0.25) is 0 Å². The van der Waals surface area contributed by atoms with Crippen molar-refractivity contribution in [1.82, 2.24) is 31.3 Å². The van der Waals surface area contributed by atoms with Gasteiger partial charge < -0.3 is 14.4 Å². The number of hydrogen-bond donors (Lipinski definition) is 5. The number of nitrogens with one attached hydrogen (secondary N) is 5. The monoisotopic (exact) mass is 592 g/mol. The molecule has 0 radical (unpaired) electrons. The zero-order chi connectivity index (χ0) is 27.8. The first kappa shape index (κ1) is 29.4.